The van der Waals surface area contributed by atoms with Crippen molar-refractivity contribution in [3.05, 3.63) is 77.0 Å². The molecule has 0 saturated heterocycles. The maximum atomic E-state index is 12.4. The molecule has 7 nitrogen and oxygen atoms in total. The van der Waals surface area contributed by atoms with Crippen molar-refractivity contribution in [1.29, 1.82) is 5.26 Å². The van der Waals surface area contributed by atoms with Crippen molar-refractivity contribution in [2.75, 3.05) is 5.32 Å². The molecule has 31 heavy (non-hydrogen) atoms. The van der Waals surface area contributed by atoms with E-state index in [0.717, 1.165) is 10.4 Å². The highest BCUT2D eigenvalue weighted by Crippen LogP contribution is 2.26. The van der Waals surface area contributed by atoms with Gasteiger partial charge in [-0.05, 0) is 66.4 Å². The maximum Gasteiger partial charge on any atom is 0.227 e. The predicted octanol–water partition coefficient (Wildman–Crippen LogP) is 5.34. The van der Waals surface area contributed by atoms with E-state index in [1.165, 1.54) is 11.3 Å². The van der Waals surface area contributed by atoms with Crippen LogP contribution in [0, 0.1) is 18.3 Å². The number of ether oxygens (including phenoxy) is 1. The number of carbonyl (C=O) groups excluding carboxylic acids is 1. The highest BCUT2D eigenvalue weighted by Gasteiger charge is 2.12. The fourth-order valence-electron chi connectivity index (χ4n) is 2.87. The molecule has 0 fully saturated rings. The van der Waals surface area contributed by atoms with Gasteiger partial charge in [0.2, 0.25) is 17.6 Å². The summed E-state index contributed by atoms with van der Waals surface area (Å²) in [7, 11) is 0. The lowest BCUT2D eigenvalue weighted by atomic mass is 10.1. The summed E-state index contributed by atoms with van der Waals surface area (Å²) in [6.45, 7) is 1.90. The Balaban J connectivity index is 1.32. The van der Waals surface area contributed by atoms with Gasteiger partial charge in [0, 0.05) is 18.5 Å². The molecule has 0 spiro atoms. The third-order valence-corrected chi connectivity index (χ3v) is 5.33. The molecule has 4 rings (SSSR count). The average molecular weight is 430 g/mol. The summed E-state index contributed by atoms with van der Waals surface area (Å²) in [4.78, 5) is 17.6. The van der Waals surface area contributed by atoms with Crippen LogP contribution in [0.5, 0.6) is 11.5 Å². The number of nitrogens with one attached hydrogen (secondary N) is 1. The number of nitriles is 1. The second kappa shape index (κ2) is 9.24. The number of hydrogen-bond acceptors (Lipinski definition) is 7. The topological polar surface area (TPSA) is 101 Å². The summed E-state index contributed by atoms with van der Waals surface area (Å²) in [6, 6.07) is 18.2. The highest BCUT2D eigenvalue weighted by molar-refractivity contribution is 7.13. The molecule has 0 aliphatic carbocycles. The summed E-state index contributed by atoms with van der Waals surface area (Å²) in [6.07, 6.45) is 0.595. The molecule has 1 amide bonds. The van der Waals surface area contributed by atoms with E-state index in [1.54, 1.807) is 36.4 Å². The van der Waals surface area contributed by atoms with Gasteiger partial charge in [-0.1, -0.05) is 11.2 Å². The van der Waals surface area contributed by atoms with E-state index in [-0.39, 0.29) is 12.3 Å². The van der Waals surface area contributed by atoms with Crippen LogP contribution in [-0.2, 0) is 11.2 Å². The molecule has 4 aromatic rings. The Labute approximate surface area is 182 Å². The first-order valence-corrected chi connectivity index (χ1v) is 10.4. The van der Waals surface area contributed by atoms with Crippen molar-refractivity contribution < 1.29 is 14.1 Å². The van der Waals surface area contributed by atoms with E-state index in [4.69, 9.17) is 14.5 Å². The van der Waals surface area contributed by atoms with Gasteiger partial charge in [-0.2, -0.15) is 10.2 Å². The Morgan fingerprint density at radius 1 is 1.19 bits per heavy atom. The Morgan fingerprint density at radius 2 is 2.00 bits per heavy atom. The van der Waals surface area contributed by atoms with Gasteiger partial charge in [-0.25, -0.2) is 0 Å². The van der Waals surface area contributed by atoms with Crippen LogP contribution >= 0.6 is 11.3 Å². The van der Waals surface area contributed by atoms with Crippen LogP contribution in [0.3, 0.4) is 0 Å². The molecule has 2 aromatic heterocycles. The van der Waals surface area contributed by atoms with Crippen molar-refractivity contribution in [1.82, 2.24) is 10.1 Å². The molecule has 2 heterocycles. The van der Waals surface area contributed by atoms with Crippen LogP contribution in [0.15, 0.2) is 64.5 Å². The Bertz CT molecular complexity index is 1220. The molecule has 154 valence electrons. The second-order valence-electron chi connectivity index (χ2n) is 6.75. The minimum Gasteiger partial charge on any atom is -0.457 e. The van der Waals surface area contributed by atoms with Gasteiger partial charge in [-0.15, -0.1) is 11.3 Å². The number of benzene rings is 2. The van der Waals surface area contributed by atoms with E-state index in [0.29, 0.717) is 40.9 Å². The standard InChI is InChI=1S/C23H18N4O3S/c1-15-13-18(29-17-6-4-16(14-24)5-7-17)8-9-19(15)25-21(28)10-11-22-26-23(27-30-22)20-3-2-12-31-20/h2-9,12-13H,10-11H2,1H3,(H,25,28). The number of anilines is 1. The van der Waals surface area contributed by atoms with Crippen LogP contribution in [0.2, 0.25) is 0 Å². The zero-order chi connectivity index (χ0) is 21.6. The van der Waals surface area contributed by atoms with Gasteiger partial charge in [-0.3, -0.25) is 4.79 Å². The quantitative estimate of drug-likeness (QED) is 0.425. The Hall–Kier alpha value is -3.96. The molecule has 0 radical (unpaired) electrons. The molecule has 8 heteroatoms. The first-order valence-electron chi connectivity index (χ1n) is 9.56. The molecular formula is C23H18N4O3S. The molecule has 0 aliphatic rings. The maximum absolute atomic E-state index is 12.4. The number of aryl methyl sites for hydroxylation is 2. The van der Waals surface area contributed by atoms with Crippen molar-refractivity contribution in [3.8, 4) is 28.3 Å². The second-order valence-corrected chi connectivity index (χ2v) is 7.70. The molecule has 1 N–H and O–H groups in total. The summed E-state index contributed by atoms with van der Waals surface area (Å²) in [5, 5.41) is 17.7. The number of amides is 1. The largest absolute Gasteiger partial charge is 0.457 e. The first-order chi connectivity index (χ1) is 15.1. The van der Waals surface area contributed by atoms with Gasteiger partial charge in [0.1, 0.15) is 11.5 Å². The van der Waals surface area contributed by atoms with Gasteiger partial charge < -0.3 is 14.6 Å². The predicted molar refractivity (Wildman–Crippen MR) is 117 cm³/mol. The molecule has 0 saturated carbocycles. The molecular weight excluding hydrogens is 412 g/mol. The fourth-order valence-corrected chi connectivity index (χ4v) is 3.52. The normalized spacial score (nSPS) is 10.5. The first kappa shape index (κ1) is 20.3. The highest BCUT2D eigenvalue weighted by atomic mass is 32.1. The minimum atomic E-state index is -0.139. The number of aromatic nitrogens is 2. The van der Waals surface area contributed by atoms with E-state index in [9.17, 15) is 4.79 Å². The van der Waals surface area contributed by atoms with E-state index in [1.807, 2.05) is 30.5 Å². The number of thiophene rings is 1. The van der Waals surface area contributed by atoms with Gasteiger partial charge in [0.15, 0.2) is 0 Å². The summed E-state index contributed by atoms with van der Waals surface area (Å²) in [5.41, 5.74) is 2.16. The summed E-state index contributed by atoms with van der Waals surface area (Å²) < 4.78 is 11.0. The van der Waals surface area contributed by atoms with Crippen LogP contribution in [-0.4, -0.2) is 16.0 Å². The van der Waals surface area contributed by atoms with E-state index in [2.05, 4.69) is 21.5 Å². The summed E-state index contributed by atoms with van der Waals surface area (Å²) >= 11 is 1.53. The lowest BCUT2D eigenvalue weighted by Crippen LogP contribution is -2.13. The van der Waals surface area contributed by atoms with Crippen LogP contribution < -0.4 is 10.1 Å². The van der Waals surface area contributed by atoms with Crippen LogP contribution in [0.25, 0.3) is 10.7 Å². The molecule has 0 atom stereocenters. The molecule has 0 bridgehead atoms. The van der Waals surface area contributed by atoms with E-state index < -0.39 is 0 Å². The lowest BCUT2D eigenvalue weighted by molar-refractivity contribution is -0.116. The van der Waals surface area contributed by atoms with Gasteiger partial charge in [0.05, 0.1) is 16.5 Å². The fraction of sp³-hybridized carbons (Fsp3) is 0.130. The average Bonchev–Trinajstić information content (AvgIpc) is 3.47. The third-order valence-electron chi connectivity index (χ3n) is 4.47. The Kier molecular flexibility index (Phi) is 6.05. The molecule has 0 aliphatic heterocycles. The SMILES string of the molecule is Cc1cc(Oc2ccc(C#N)cc2)ccc1NC(=O)CCc1nc(-c2cccs2)no1. The smallest absolute Gasteiger partial charge is 0.227 e. The number of nitrogens with zero attached hydrogens (tertiary/aromatic N) is 3. The Morgan fingerprint density at radius 3 is 2.71 bits per heavy atom. The van der Waals surface area contributed by atoms with Crippen molar-refractivity contribution >= 4 is 22.9 Å². The number of carbonyl (C=O) groups is 1. The van der Waals surface area contributed by atoms with Crippen LogP contribution in [0.4, 0.5) is 5.69 Å². The lowest BCUT2D eigenvalue weighted by Gasteiger charge is -2.11. The number of rotatable bonds is 7. The van der Waals surface area contributed by atoms with Crippen LogP contribution in [0.1, 0.15) is 23.4 Å². The third kappa shape index (κ3) is 5.15. The van der Waals surface area contributed by atoms with Gasteiger partial charge >= 0.3 is 0 Å². The van der Waals surface area contributed by atoms with Crippen molar-refractivity contribution in [3.63, 3.8) is 0 Å². The summed E-state index contributed by atoms with van der Waals surface area (Å²) in [5.74, 6) is 2.11. The number of hydrogen-bond donors (Lipinski definition) is 1. The molecule has 2 aromatic carbocycles. The monoisotopic (exact) mass is 430 g/mol. The zero-order valence-electron chi connectivity index (χ0n) is 16.7. The molecule has 0 unspecified atom stereocenters. The minimum absolute atomic E-state index is 0.139. The van der Waals surface area contributed by atoms with Gasteiger partial charge in [0.25, 0.3) is 0 Å². The zero-order valence-corrected chi connectivity index (χ0v) is 17.5. The van der Waals surface area contributed by atoms with Crippen molar-refractivity contribution in [2.45, 2.75) is 19.8 Å². The van der Waals surface area contributed by atoms with E-state index >= 15 is 0 Å². The van der Waals surface area contributed by atoms with Crippen molar-refractivity contribution in [2.24, 2.45) is 0 Å².